The highest BCUT2D eigenvalue weighted by Crippen LogP contribution is 2.26. The van der Waals surface area contributed by atoms with Gasteiger partial charge >= 0.3 is 0 Å². The van der Waals surface area contributed by atoms with Crippen molar-refractivity contribution in [2.75, 3.05) is 43.1 Å². The highest BCUT2D eigenvalue weighted by atomic mass is 35.5. The molecule has 0 amide bonds. The van der Waals surface area contributed by atoms with Crippen molar-refractivity contribution in [2.45, 2.75) is 0 Å². The number of halogens is 1. The van der Waals surface area contributed by atoms with Crippen LogP contribution < -0.4 is 10.6 Å². The predicted octanol–water partition coefficient (Wildman–Crippen LogP) is 0.399. The summed E-state index contributed by atoms with van der Waals surface area (Å²) in [5, 5.41) is 0.489. The molecular formula is C10H15ClN4O2S. The minimum atomic E-state index is -3.12. The Labute approximate surface area is 111 Å². The molecule has 1 aromatic rings. The van der Waals surface area contributed by atoms with E-state index in [0.717, 1.165) is 0 Å². The van der Waals surface area contributed by atoms with Crippen LogP contribution in [-0.2, 0) is 10.0 Å². The molecule has 2 heterocycles. The summed E-state index contributed by atoms with van der Waals surface area (Å²) >= 11 is 6.07. The Morgan fingerprint density at radius 2 is 1.94 bits per heavy atom. The highest BCUT2D eigenvalue weighted by Gasteiger charge is 2.24. The Balaban J connectivity index is 2.10. The molecule has 0 atom stereocenters. The Kier molecular flexibility index (Phi) is 3.65. The van der Waals surface area contributed by atoms with E-state index in [1.807, 2.05) is 4.90 Å². The fourth-order valence-electron chi connectivity index (χ4n) is 1.91. The van der Waals surface area contributed by atoms with Gasteiger partial charge in [-0.2, -0.15) is 4.31 Å². The summed E-state index contributed by atoms with van der Waals surface area (Å²) in [6.07, 6.45) is 2.77. The molecule has 0 spiro atoms. The summed E-state index contributed by atoms with van der Waals surface area (Å²) in [6, 6.07) is 1.65. The van der Waals surface area contributed by atoms with E-state index in [0.29, 0.717) is 42.7 Å². The first-order chi connectivity index (χ1) is 8.38. The third-order valence-corrected chi connectivity index (χ3v) is 4.43. The minimum absolute atomic E-state index is 0.446. The number of hydrogen-bond acceptors (Lipinski definition) is 5. The monoisotopic (exact) mass is 290 g/mol. The van der Waals surface area contributed by atoms with Gasteiger partial charge in [0.05, 0.1) is 23.2 Å². The summed E-state index contributed by atoms with van der Waals surface area (Å²) in [7, 11) is -3.12. The molecule has 0 unspecified atom stereocenters. The van der Waals surface area contributed by atoms with E-state index >= 15 is 0 Å². The van der Waals surface area contributed by atoms with E-state index in [1.165, 1.54) is 10.6 Å². The number of piperazine rings is 1. The molecular weight excluding hydrogens is 276 g/mol. The number of nitrogens with two attached hydrogens (primary N) is 1. The number of nitrogen functional groups attached to an aromatic ring is 1. The van der Waals surface area contributed by atoms with Gasteiger partial charge in [0.15, 0.2) is 0 Å². The van der Waals surface area contributed by atoms with E-state index < -0.39 is 10.0 Å². The molecule has 0 aromatic carbocycles. The molecule has 2 rings (SSSR count). The zero-order valence-corrected chi connectivity index (χ0v) is 11.6. The second-order valence-corrected chi connectivity index (χ2v) is 6.61. The number of pyridine rings is 1. The van der Waals surface area contributed by atoms with Crippen molar-refractivity contribution in [3.8, 4) is 0 Å². The molecule has 1 aliphatic heterocycles. The van der Waals surface area contributed by atoms with E-state index in [1.54, 1.807) is 12.3 Å². The fourth-order valence-corrected chi connectivity index (χ4v) is 3.03. The summed E-state index contributed by atoms with van der Waals surface area (Å²) in [5.74, 6) is 0.652. The molecule has 2 N–H and O–H groups in total. The lowest BCUT2D eigenvalue weighted by molar-refractivity contribution is 0.387. The minimum Gasteiger partial charge on any atom is -0.397 e. The van der Waals surface area contributed by atoms with Crippen LogP contribution in [-0.4, -0.2) is 50.1 Å². The summed E-state index contributed by atoms with van der Waals surface area (Å²) in [5.41, 5.74) is 6.10. The number of hydrogen-bond donors (Lipinski definition) is 1. The molecule has 6 nitrogen and oxygen atoms in total. The Bertz CT molecular complexity index is 541. The maximum atomic E-state index is 11.4. The van der Waals surface area contributed by atoms with Gasteiger partial charge in [0.2, 0.25) is 10.0 Å². The van der Waals surface area contributed by atoms with Crippen LogP contribution in [0.4, 0.5) is 11.5 Å². The largest absolute Gasteiger partial charge is 0.397 e. The maximum Gasteiger partial charge on any atom is 0.211 e. The Morgan fingerprint density at radius 3 is 2.44 bits per heavy atom. The number of sulfonamides is 1. The molecule has 100 valence electrons. The molecule has 8 heteroatoms. The Hall–Kier alpha value is -1.05. The summed E-state index contributed by atoms with van der Waals surface area (Å²) in [4.78, 5) is 6.15. The average molecular weight is 291 g/mol. The number of rotatable bonds is 2. The predicted molar refractivity (Wildman–Crippen MR) is 72.3 cm³/mol. The molecule has 1 aliphatic rings. The van der Waals surface area contributed by atoms with Crippen LogP contribution >= 0.6 is 11.6 Å². The van der Waals surface area contributed by atoms with Gasteiger partial charge in [-0.3, -0.25) is 0 Å². The van der Waals surface area contributed by atoms with Crippen molar-refractivity contribution in [3.05, 3.63) is 17.3 Å². The quantitative estimate of drug-likeness (QED) is 0.853. The number of anilines is 2. The molecule has 0 saturated carbocycles. The molecule has 18 heavy (non-hydrogen) atoms. The molecule has 1 saturated heterocycles. The van der Waals surface area contributed by atoms with Crippen LogP contribution in [0.2, 0.25) is 5.02 Å². The van der Waals surface area contributed by atoms with Crippen molar-refractivity contribution >= 4 is 33.1 Å². The SMILES string of the molecule is CS(=O)(=O)N1CCN(c2ncc(N)cc2Cl)CC1. The molecule has 1 aromatic heterocycles. The number of nitrogens with zero attached hydrogens (tertiary/aromatic N) is 3. The van der Waals surface area contributed by atoms with Crippen LogP contribution in [0.3, 0.4) is 0 Å². The lowest BCUT2D eigenvalue weighted by atomic mass is 10.3. The van der Waals surface area contributed by atoms with E-state index in [-0.39, 0.29) is 0 Å². The topological polar surface area (TPSA) is 79.5 Å². The lowest BCUT2D eigenvalue weighted by Gasteiger charge is -2.34. The zero-order valence-electron chi connectivity index (χ0n) is 10.0. The van der Waals surface area contributed by atoms with Crippen LogP contribution in [0.15, 0.2) is 12.3 Å². The Morgan fingerprint density at radius 1 is 1.33 bits per heavy atom. The van der Waals surface area contributed by atoms with Crippen LogP contribution in [0.1, 0.15) is 0 Å². The molecule has 0 aliphatic carbocycles. The van der Waals surface area contributed by atoms with Crippen LogP contribution in [0, 0.1) is 0 Å². The van der Waals surface area contributed by atoms with Gasteiger partial charge < -0.3 is 10.6 Å². The van der Waals surface area contributed by atoms with Gasteiger partial charge in [0.25, 0.3) is 0 Å². The standard InChI is InChI=1S/C10H15ClN4O2S/c1-18(16,17)15-4-2-14(3-5-15)10-9(11)6-8(12)7-13-10/h6-7H,2-5,12H2,1H3. The van der Waals surface area contributed by atoms with Gasteiger partial charge in [0, 0.05) is 26.2 Å². The van der Waals surface area contributed by atoms with Gasteiger partial charge in [-0.1, -0.05) is 11.6 Å². The molecule has 0 bridgehead atoms. The van der Waals surface area contributed by atoms with E-state index in [4.69, 9.17) is 17.3 Å². The van der Waals surface area contributed by atoms with Gasteiger partial charge in [0.1, 0.15) is 5.82 Å². The summed E-state index contributed by atoms with van der Waals surface area (Å²) in [6.45, 7) is 2.04. The molecule has 1 fully saturated rings. The van der Waals surface area contributed by atoms with Gasteiger partial charge in [-0.05, 0) is 6.07 Å². The van der Waals surface area contributed by atoms with Crippen molar-refractivity contribution in [3.63, 3.8) is 0 Å². The normalized spacial score (nSPS) is 18.0. The van der Waals surface area contributed by atoms with Crippen molar-refractivity contribution < 1.29 is 8.42 Å². The fraction of sp³-hybridized carbons (Fsp3) is 0.500. The number of aromatic nitrogens is 1. The van der Waals surface area contributed by atoms with Crippen molar-refractivity contribution in [1.82, 2.24) is 9.29 Å². The average Bonchev–Trinajstić information content (AvgIpc) is 2.28. The summed E-state index contributed by atoms with van der Waals surface area (Å²) < 4.78 is 24.2. The highest BCUT2D eigenvalue weighted by molar-refractivity contribution is 7.88. The smallest absolute Gasteiger partial charge is 0.211 e. The third-order valence-electron chi connectivity index (χ3n) is 2.85. The zero-order chi connectivity index (χ0) is 13.3. The van der Waals surface area contributed by atoms with Crippen molar-refractivity contribution in [2.24, 2.45) is 0 Å². The first kappa shape index (κ1) is 13.4. The van der Waals surface area contributed by atoms with E-state index in [2.05, 4.69) is 4.98 Å². The second-order valence-electron chi connectivity index (χ2n) is 4.22. The van der Waals surface area contributed by atoms with Crippen molar-refractivity contribution in [1.29, 1.82) is 0 Å². The lowest BCUT2D eigenvalue weighted by Crippen LogP contribution is -2.48. The van der Waals surface area contributed by atoms with Gasteiger partial charge in [-0.15, -0.1) is 0 Å². The second kappa shape index (κ2) is 4.91. The van der Waals surface area contributed by atoms with E-state index in [9.17, 15) is 8.42 Å². The van der Waals surface area contributed by atoms with Crippen LogP contribution in [0.5, 0.6) is 0 Å². The van der Waals surface area contributed by atoms with Crippen LogP contribution in [0.25, 0.3) is 0 Å². The first-order valence-corrected chi connectivity index (χ1v) is 7.71. The first-order valence-electron chi connectivity index (χ1n) is 5.49. The maximum absolute atomic E-state index is 11.4. The molecule has 0 radical (unpaired) electrons. The third kappa shape index (κ3) is 2.85. The van der Waals surface area contributed by atoms with Gasteiger partial charge in [-0.25, -0.2) is 13.4 Å².